The van der Waals surface area contributed by atoms with Crippen molar-refractivity contribution in [2.75, 3.05) is 0 Å². The van der Waals surface area contributed by atoms with E-state index in [2.05, 4.69) is 26.0 Å². The molecule has 0 unspecified atom stereocenters. The van der Waals surface area contributed by atoms with Crippen molar-refractivity contribution in [1.82, 2.24) is 4.98 Å². The first kappa shape index (κ1) is 16.6. The number of aryl methyl sites for hydroxylation is 1. The van der Waals surface area contributed by atoms with Gasteiger partial charge in [-0.25, -0.2) is 0 Å². The molecule has 130 valence electrons. The van der Waals surface area contributed by atoms with E-state index in [0.717, 1.165) is 41.9 Å². The zero-order chi connectivity index (χ0) is 15.8. The molecule has 4 fully saturated rings. The number of nitrogens with zero attached hydrogens (tertiary/aromatic N) is 1. The second kappa shape index (κ2) is 5.30. The number of aromatic nitrogens is 1. The summed E-state index contributed by atoms with van der Waals surface area (Å²) < 4.78 is 0. The van der Waals surface area contributed by atoms with Gasteiger partial charge in [-0.15, -0.1) is 12.4 Å². The molecule has 0 spiro atoms. The maximum absolute atomic E-state index is 12.7. The van der Waals surface area contributed by atoms with Crippen molar-refractivity contribution in [2.45, 2.75) is 70.6 Å². The fourth-order valence-corrected chi connectivity index (χ4v) is 6.53. The highest BCUT2D eigenvalue weighted by Gasteiger charge is 2.52. The fourth-order valence-electron chi connectivity index (χ4n) is 6.53. The van der Waals surface area contributed by atoms with E-state index in [4.69, 9.17) is 4.98 Å². The van der Waals surface area contributed by atoms with E-state index >= 15 is 0 Å². The van der Waals surface area contributed by atoms with Gasteiger partial charge in [0.2, 0.25) is 0 Å². The lowest BCUT2D eigenvalue weighted by Crippen LogP contribution is -2.49. The summed E-state index contributed by atoms with van der Waals surface area (Å²) in [5.74, 6) is 3.13. The van der Waals surface area contributed by atoms with Crippen LogP contribution in [0.3, 0.4) is 0 Å². The van der Waals surface area contributed by atoms with Crippen molar-refractivity contribution in [3.8, 4) is 0 Å². The smallest absolute Gasteiger partial charge is 0.170 e. The van der Waals surface area contributed by atoms with Gasteiger partial charge < -0.3 is 0 Å². The topological polar surface area (TPSA) is 30.0 Å². The first-order valence-corrected chi connectivity index (χ1v) is 9.50. The first-order valence-electron chi connectivity index (χ1n) is 9.50. The summed E-state index contributed by atoms with van der Waals surface area (Å²) in [6.45, 7) is 4.15. The highest BCUT2D eigenvalue weighted by molar-refractivity contribution is 6.01. The van der Waals surface area contributed by atoms with E-state index in [1.54, 1.807) is 0 Å². The predicted octanol–water partition coefficient (Wildman–Crippen LogP) is 5.13. The quantitative estimate of drug-likeness (QED) is 0.706. The van der Waals surface area contributed by atoms with Crippen LogP contribution in [-0.4, -0.2) is 10.8 Å². The van der Waals surface area contributed by atoms with E-state index < -0.39 is 0 Å². The third-order valence-electron chi connectivity index (χ3n) is 7.40. The summed E-state index contributed by atoms with van der Waals surface area (Å²) >= 11 is 0. The lowest BCUT2D eigenvalue weighted by atomic mass is 9.48. The lowest BCUT2D eigenvalue weighted by molar-refractivity contribution is -0.00733. The largest absolute Gasteiger partial charge is 0.294 e. The molecule has 4 bridgehead atoms. The lowest BCUT2D eigenvalue weighted by Gasteiger charge is -2.56. The molecule has 24 heavy (non-hydrogen) atoms. The Kier molecular flexibility index (Phi) is 3.66. The van der Waals surface area contributed by atoms with E-state index in [9.17, 15) is 4.79 Å². The molecule has 0 radical (unpaired) electrons. The number of carbonyl (C=O) groups excluding carboxylic acids is 1. The molecule has 3 heteroatoms. The molecular formula is C21H28ClNO. The van der Waals surface area contributed by atoms with Crippen LogP contribution >= 0.6 is 12.4 Å². The molecule has 1 heterocycles. The maximum Gasteiger partial charge on any atom is 0.170 e. The van der Waals surface area contributed by atoms with Gasteiger partial charge in [0.1, 0.15) is 0 Å². The van der Waals surface area contributed by atoms with Crippen LogP contribution in [-0.2, 0) is 11.8 Å². The van der Waals surface area contributed by atoms with Crippen LogP contribution in [0.25, 0.3) is 0 Å². The third kappa shape index (κ3) is 2.29. The van der Waals surface area contributed by atoms with Gasteiger partial charge in [-0.05, 0) is 81.3 Å². The Morgan fingerprint density at radius 1 is 1.00 bits per heavy atom. The van der Waals surface area contributed by atoms with Crippen LogP contribution < -0.4 is 0 Å². The number of pyridine rings is 1. The molecule has 0 N–H and O–H groups in total. The molecule has 0 atom stereocenters. The monoisotopic (exact) mass is 345 g/mol. The third-order valence-corrected chi connectivity index (χ3v) is 7.40. The summed E-state index contributed by atoms with van der Waals surface area (Å²) in [4.78, 5) is 17.8. The van der Waals surface area contributed by atoms with E-state index in [0.29, 0.717) is 11.2 Å². The highest BCUT2D eigenvalue weighted by Crippen LogP contribution is 2.60. The van der Waals surface area contributed by atoms with Crippen molar-refractivity contribution in [2.24, 2.45) is 23.2 Å². The number of hydrogen-bond acceptors (Lipinski definition) is 2. The van der Waals surface area contributed by atoms with Gasteiger partial charge in [0, 0.05) is 22.1 Å². The summed E-state index contributed by atoms with van der Waals surface area (Å²) in [6, 6.07) is 4.32. The molecule has 5 aliphatic carbocycles. The molecule has 0 aliphatic heterocycles. The van der Waals surface area contributed by atoms with Crippen LogP contribution in [0.4, 0.5) is 0 Å². The van der Waals surface area contributed by atoms with Gasteiger partial charge >= 0.3 is 0 Å². The molecule has 0 amide bonds. The molecule has 6 rings (SSSR count). The Hall–Kier alpha value is -0.890. The van der Waals surface area contributed by atoms with Gasteiger partial charge in [0.05, 0.1) is 5.69 Å². The number of hydrogen-bond donors (Lipinski definition) is 0. The Bertz CT molecular complexity index is 658. The number of rotatable bonds is 1. The van der Waals surface area contributed by atoms with Crippen LogP contribution in [0.5, 0.6) is 0 Å². The predicted molar refractivity (Wildman–Crippen MR) is 97.8 cm³/mol. The molecule has 2 nitrogen and oxygen atoms in total. The Morgan fingerprint density at radius 3 is 2.17 bits per heavy atom. The Labute approximate surface area is 151 Å². The molecule has 0 aromatic carbocycles. The SMILES string of the molecule is CC1(C)CCc2nc(C34CC5CC(CC(C5)C3)C4)ccc2C1=O.Cl. The number of Topliss-reactive ketones (excluding diaryl/α,β-unsaturated/α-hetero) is 1. The number of fused-ring (bicyclic) bond motifs is 1. The average molecular weight is 346 g/mol. The van der Waals surface area contributed by atoms with Crippen LogP contribution in [0.15, 0.2) is 12.1 Å². The van der Waals surface area contributed by atoms with Crippen LogP contribution in [0, 0.1) is 23.2 Å². The van der Waals surface area contributed by atoms with Gasteiger partial charge in [-0.1, -0.05) is 13.8 Å². The molecule has 4 saturated carbocycles. The minimum atomic E-state index is -0.211. The standard InChI is InChI=1S/C21H27NO.ClH/c1-20(2)6-5-17-16(19(20)23)3-4-18(22-17)21-10-13-7-14(11-21)9-15(8-13)12-21;/h3-4,13-15H,5-12H2,1-2H3;1H. The first-order chi connectivity index (χ1) is 11.0. The number of carbonyl (C=O) groups is 1. The Morgan fingerprint density at radius 2 is 1.58 bits per heavy atom. The van der Waals surface area contributed by atoms with E-state index in [1.165, 1.54) is 44.2 Å². The van der Waals surface area contributed by atoms with Crippen molar-refractivity contribution in [1.29, 1.82) is 0 Å². The molecular weight excluding hydrogens is 318 g/mol. The average Bonchev–Trinajstić information content (AvgIpc) is 2.50. The van der Waals surface area contributed by atoms with Crippen LogP contribution in [0.1, 0.15) is 80.5 Å². The Balaban J connectivity index is 0.00000146. The zero-order valence-corrected chi connectivity index (χ0v) is 15.6. The van der Waals surface area contributed by atoms with Crippen molar-refractivity contribution >= 4 is 18.2 Å². The minimum Gasteiger partial charge on any atom is -0.294 e. The molecule has 1 aromatic heterocycles. The fraction of sp³-hybridized carbons (Fsp3) is 0.714. The van der Waals surface area contributed by atoms with Gasteiger partial charge in [0.15, 0.2) is 5.78 Å². The second-order valence-corrected chi connectivity index (χ2v) is 9.60. The molecule has 0 saturated heterocycles. The normalized spacial score (nSPS) is 38.6. The number of halogens is 1. The zero-order valence-electron chi connectivity index (χ0n) is 14.8. The molecule has 1 aromatic rings. The van der Waals surface area contributed by atoms with Crippen molar-refractivity contribution in [3.05, 3.63) is 29.1 Å². The van der Waals surface area contributed by atoms with E-state index in [1.807, 2.05) is 0 Å². The number of ketones is 1. The van der Waals surface area contributed by atoms with Gasteiger partial charge in [-0.2, -0.15) is 0 Å². The summed E-state index contributed by atoms with van der Waals surface area (Å²) in [6.07, 6.45) is 10.4. The van der Waals surface area contributed by atoms with Crippen molar-refractivity contribution in [3.63, 3.8) is 0 Å². The van der Waals surface area contributed by atoms with Gasteiger partial charge in [0.25, 0.3) is 0 Å². The van der Waals surface area contributed by atoms with E-state index in [-0.39, 0.29) is 17.8 Å². The van der Waals surface area contributed by atoms with Gasteiger partial charge in [-0.3, -0.25) is 9.78 Å². The van der Waals surface area contributed by atoms with Crippen LogP contribution in [0.2, 0.25) is 0 Å². The maximum atomic E-state index is 12.7. The summed E-state index contributed by atoms with van der Waals surface area (Å²) in [5, 5.41) is 0. The highest BCUT2D eigenvalue weighted by atomic mass is 35.5. The van der Waals surface area contributed by atoms with Crippen molar-refractivity contribution < 1.29 is 4.79 Å². The minimum absolute atomic E-state index is 0. The molecule has 5 aliphatic rings. The second-order valence-electron chi connectivity index (χ2n) is 9.60. The summed E-state index contributed by atoms with van der Waals surface area (Å²) in [7, 11) is 0. The summed E-state index contributed by atoms with van der Waals surface area (Å²) in [5.41, 5.74) is 3.44.